The van der Waals surface area contributed by atoms with Crippen LogP contribution < -0.4 is 11.3 Å². The summed E-state index contributed by atoms with van der Waals surface area (Å²) in [5.74, 6) is 5.65. The molecule has 0 fully saturated rings. The number of hydrogen-bond acceptors (Lipinski definition) is 4. The number of rotatable bonds is 5. The van der Waals surface area contributed by atoms with Gasteiger partial charge in [-0.3, -0.25) is 16.3 Å². The maximum absolute atomic E-state index is 5.65. The Morgan fingerprint density at radius 3 is 2.75 bits per heavy atom. The van der Waals surface area contributed by atoms with Crippen molar-refractivity contribution in [2.24, 2.45) is 5.84 Å². The Labute approximate surface area is 97.2 Å². The van der Waals surface area contributed by atoms with Crippen LogP contribution in [0.2, 0.25) is 0 Å². The van der Waals surface area contributed by atoms with Crippen molar-refractivity contribution in [3.63, 3.8) is 0 Å². The Balaban J connectivity index is 3.12. The molecule has 2 atom stereocenters. The van der Waals surface area contributed by atoms with E-state index in [9.17, 15) is 0 Å². The Bertz CT molecular complexity index is 337. The molecule has 0 aliphatic carbocycles. The molecule has 1 aromatic rings. The van der Waals surface area contributed by atoms with Crippen LogP contribution in [0.15, 0.2) is 18.5 Å². The molecule has 3 N–H and O–H groups in total. The van der Waals surface area contributed by atoms with E-state index in [4.69, 9.17) is 10.6 Å². The molecule has 0 amide bonds. The molecule has 0 radical (unpaired) electrons. The summed E-state index contributed by atoms with van der Waals surface area (Å²) in [5, 5.41) is 0. The van der Waals surface area contributed by atoms with Crippen molar-refractivity contribution in [2.45, 2.75) is 38.8 Å². The number of nitrogens with two attached hydrogens (primary N) is 1. The smallest absolute Gasteiger partial charge is 0.0855 e. The molecule has 0 saturated heterocycles. The van der Waals surface area contributed by atoms with Crippen LogP contribution in [0.3, 0.4) is 0 Å². The van der Waals surface area contributed by atoms with Crippen molar-refractivity contribution in [3.8, 4) is 0 Å². The molecule has 0 aliphatic heterocycles. The van der Waals surface area contributed by atoms with Gasteiger partial charge in [0.15, 0.2) is 0 Å². The number of hydrogen-bond donors (Lipinski definition) is 2. The minimum absolute atomic E-state index is 0.0591. The highest BCUT2D eigenvalue weighted by molar-refractivity contribution is 5.27. The maximum Gasteiger partial charge on any atom is 0.0855 e. The molecule has 90 valence electrons. The van der Waals surface area contributed by atoms with Crippen LogP contribution in [-0.4, -0.2) is 17.7 Å². The van der Waals surface area contributed by atoms with Crippen molar-refractivity contribution in [3.05, 3.63) is 29.6 Å². The average Bonchev–Trinajstić information content (AvgIpc) is 2.32. The largest absolute Gasteiger partial charge is 0.376 e. The predicted octanol–water partition coefficient (Wildman–Crippen LogP) is 1.71. The van der Waals surface area contributed by atoms with Gasteiger partial charge < -0.3 is 4.74 Å². The first-order chi connectivity index (χ1) is 7.59. The third-order valence-corrected chi connectivity index (χ3v) is 3.34. The van der Waals surface area contributed by atoms with Crippen molar-refractivity contribution < 1.29 is 4.74 Å². The average molecular weight is 223 g/mol. The van der Waals surface area contributed by atoms with Crippen LogP contribution in [0.25, 0.3) is 0 Å². The minimum atomic E-state index is -0.331. The van der Waals surface area contributed by atoms with Crippen LogP contribution in [-0.2, 0) is 4.74 Å². The fraction of sp³-hybridized carbons (Fsp3) is 0.583. The van der Waals surface area contributed by atoms with Crippen LogP contribution in [0.5, 0.6) is 0 Å². The quantitative estimate of drug-likeness (QED) is 0.589. The summed E-state index contributed by atoms with van der Waals surface area (Å²) in [5.41, 5.74) is 4.75. The fourth-order valence-electron chi connectivity index (χ4n) is 1.84. The van der Waals surface area contributed by atoms with E-state index in [1.807, 2.05) is 26.1 Å². The number of ether oxygens (including phenoxy) is 1. The number of aromatic nitrogens is 1. The van der Waals surface area contributed by atoms with Gasteiger partial charge in [-0.05, 0) is 37.5 Å². The summed E-state index contributed by atoms with van der Waals surface area (Å²) >= 11 is 0. The highest BCUT2D eigenvalue weighted by Crippen LogP contribution is 2.32. The third-order valence-electron chi connectivity index (χ3n) is 3.34. The first-order valence-electron chi connectivity index (χ1n) is 5.50. The van der Waals surface area contributed by atoms with Crippen LogP contribution in [0.4, 0.5) is 0 Å². The second-order valence-electron chi connectivity index (χ2n) is 4.20. The number of aryl methyl sites for hydroxylation is 1. The number of nitrogens with one attached hydrogen (secondary N) is 1. The van der Waals surface area contributed by atoms with Crippen molar-refractivity contribution in [2.75, 3.05) is 7.11 Å². The van der Waals surface area contributed by atoms with Gasteiger partial charge in [-0.25, -0.2) is 0 Å². The second-order valence-corrected chi connectivity index (χ2v) is 4.20. The lowest BCUT2D eigenvalue weighted by Crippen LogP contribution is -2.46. The highest BCUT2D eigenvalue weighted by atomic mass is 16.5. The lowest BCUT2D eigenvalue weighted by Gasteiger charge is -2.36. The zero-order valence-corrected chi connectivity index (χ0v) is 10.4. The van der Waals surface area contributed by atoms with Crippen LogP contribution in [0, 0.1) is 6.92 Å². The SMILES string of the molecule is CCC(C)(OC)C(NN)c1cnccc1C. The van der Waals surface area contributed by atoms with Gasteiger partial charge in [0.05, 0.1) is 11.6 Å². The topological polar surface area (TPSA) is 60.2 Å². The Kier molecular flexibility index (Phi) is 4.41. The molecule has 0 bridgehead atoms. The van der Waals surface area contributed by atoms with Gasteiger partial charge in [0.2, 0.25) is 0 Å². The van der Waals surface area contributed by atoms with E-state index in [-0.39, 0.29) is 11.6 Å². The lowest BCUT2D eigenvalue weighted by atomic mass is 9.87. The van der Waals surface area contributed by atoms with E-state index in [2.05, 4.69) is 17.3 Å². The second kappa shape index (κ2) is 5.39. The van der Waals surface area contributed by atoms with Gasteiger partial charge in [0.25, 0.3) is 0 Å². The first kappa shape index (κ1) is 13.1. The van der Waals surface area contributed by atoms with E-state index < -0.39 is 0 Å². The van der Waals surface area contributed by atoms with Crippen LogP contribution >= 0.6 is 0 Å². The minimum Gasteiger partial charge on any atom is -0.376 e. The standard InChI is InChI=1S/C12H21N3O/c1-5-12(3,16-4)11(15-13)10-8-14-7-6-9(10)2/h6-8,11,15H,5,13H2,1-4H3. The third kappa shape index (κ3) is 2.40. The number of pyridine rings is 1. The first-order valence-corrected chi connectivity index (χ1v) is 5.50. The van der Waals surface area contributed by atoms with E-state index >= 15 is 0 Å². The van der Waals surface area contributed by atoms with E-state index in [0.29, 0.717) is 0 Å². The van der Waals surface area contributed by atoms with Crippen molar-refractivity contribution in [1.82, 2.24) is 10.4 Å². The molecule has 0 spiro atoms. The molecular weight excluding hydrogens is 202 g/mol. The Hall–Kier alpha value is -0.970. The predicted molar refractivity (Wildman–Crippen MR) is 64.7 cm³/mol. The molecule has 0 aromatic carbocycles. The van der Waals surface area contributed by atoms with E-state index in [0.717, 1.165) is 17.5 Å². The van der Waals surface area contributed by atoms with Gasteiger partial charge >= 0.3 is 0 Å². The van der Waals surface area contributed by atoms with Crippen molar-refractivity contribution in [1.29, 1.82) is 0 Å². The van der Waals surface area contributed by atoms with Gasteiger partial charge in [-0.2, -0.15) is 0 Å². The molecule has 1 aromatic heterocycles. The molecule has 1 rings (SSSR count). The molecule has 2 unspecified atom stereocenters. The molecule has 0 saturated carbocycles. The maximum atomic E-state index is 5.65. The summed E-state index contributed by atoms with van der Waals surface area (Å²) in [6.45, 7) is 6.18. The number of nitrogens with zero attached hydrogens (tertiary/aromatic N) is 1. The van der Waals surface area contributed by atoms with Gasteiger partial charge in [0, 0.05) is 19.5 Å². The molecule has 16 heavy (non-hydrogen) atoms. The summed E-state index contributed by atoms with van der Waals surface area (Å²) in [6.07, 6.45) is 4.49. The van der Waals surface area contributed by atoms with Crippen molar-refractivity contribution >= 4 is 0 Å². The monoisotopic (exact) mass is 223 g/mol. The van der Waals surface area contributed by atoms with Crippen LogP contribution in [0.1, 0.15) is 37.4 Å². The molecule has 1 heterocycles. The number of methoxy groups -OCH3 is 1. The fourth-order valence-corrected chi connectivity index (χ4v) is 1.84. The Morgan fingerprint density at radius 2 is 2.31 bits per heavy atom. The summed E-state index contributed by atoms with van der Waals surface area (Å²) in [4.78, 5) is 4.15. The van der Waals surface area contributed by atoms with E-state index in [1.54, 1.807) is 13.3 Å². The zero-order chi connectivity index (χ0) is 12.2. The summed E-state index contributed by atoms with van der Waals surface area (Å²) in [6, 6.07) is 1.92. The molecule has 0 aliphatic rings. The molecular formula is C12H21N3O. The summed E-state index contributed by atoms with van der Waals surface area (Å²) < 4.78 is 5.58. The van der Waals surface area contributed by atoms with Gasteiger partial charge in [-0.1, -0.05) is 6.92 Å². The number of hydrazine groups is 1. The highest BCUT2D eigenvalue weighted by Gasteiger charge is 2.34. The Morgan fingerprint density at radius 1 is 1.62 bits per heavy atom. The lowest BCUT2D eigenvalue weighted by molar-refractivity contribution is -0.0303. The molecule has 4 heteroatoms. The normalized spacial score (nSPS) is 16.8. The van der Waals surface area contributed by atoms with Gasteiger partial charge in [-0.15, -0.1) is 0 Å². The summed E-state index contributed by atoms with van der Waals surface area (Å²) in [7, 11) is 1.71. The van der Waals surface area contributed by atoms with E-state index in [1.165, 1.54) is 0 Å². The van der Waals surface area contributed by atoms with Gasteiger partial charge in [0.1, 0.15) is 0 Å². The zero-order valence-electron chi connectivity index (χ0n) is 10.4. The molecule has 4 nitrogen and oxygen atoms in total.